The van der Waals surface area contributed by atoms with Gasteiger partial charge in [-0.15, -0.1) is 0 Å². The van der Waals surface area contributed by atoms with Crippen molar-refractivity contribution in [3.05, 3.63) is 40.3 Å². The van der Waals surface area contributed by atoms with Gasteiger partial charge in [0, 0.05) is 32.6 Å². The standard InChI is InChI=1S/C18H20N6O3/c1-23(2)17-19-16(27)18(20-17)7-9-24(10-8-18)15(26)13-11-5-3-4-6-12(11)14(25)22-21-13/h3-6H,7-10H2,1-2H3,(H,22,25)(H,19,20,27). The number of guanidine groups is 1. The maximum Gasteiger partial charge on any atom is 0.274 e. The fourth-order valence-electron chi connectivity index (χ4n) is 3.56. The summed E-state index contributed by atoms with van der Waals surface area (Å²) in [5, 5.41) is 10.1. The Bertz CT molecular complexity index is 1020. The van der Waals surface area contributed by atoms with E-state index in [0.29, 0.717) is 42.7 Å². The number of aromatic amines is 1. The van der Waals surface area contributed by atoms with Gasteiger partial charge in [0.2, 0.25) is 5.96 Å². The van der Waals surface area contributed by atoms with E-state index in [4.69, 9.17) is 0 Å². The highest BCUT2D eigenvalue weighted by molar-refractivity contribution is 6.08. The summed E-state index contributed by atoms with van der Waals surface area (Å²) in [5.41, 5.74) is -0.918. The van der Waals surface area contributed by atoms with E-state index < -0.39 is 5.54 Å². The Morgan fingerprint density at radius 2 is 1.81 bits per heavy atom. The highest BCUT2D eigenvalue weighted by Gasteiger charge is 2.47. The fraction of sp³-hybridized carbons (Fsp3) is 0.389. The number of likely N-dealkylation sites (tertiary alicyclic amines) is 1. The lowest BCUT2D eigenvalue weighted by atomic mass is 9.88. The lowest BCUT2D eigenvalue weighted by Gasteiger charge is -2.35. The van der Waals surface area contributed by atoms with E-state index in [1.807, 2.05) is 14.1 Å². The molecular formula is C18H20N6O3. The van der Waals surface area contributed by atoms with E-state index in [1.165, 1.54) is 0 Å². The summed E-state index contributed by atoms with van der Waals surface area (Å²) >= 11 is 0. The van der Waals surface area contributed by atoms with Crippen molar-refractivity contribution in [2.24, 2.45) is 4.99 Å². The molecule has 9 nitrogen and oxygen atoms in total. The number of piperidine rings is 1. The van der Waals surface area contributed by atoms with E-state index in [0.717, 1.165) is 0 Å². The quantitative estimate of drug-likeness (QED) is 0.733. The monoisotopic (exact) mass is 368 g/mol. The summed E-state index contributed by atoms with van der Waals surface area (Å²) in [6.07, 6.45) is 0.895. The number of aliphatic imine (C=N–C) groups is 1. The number of amides is 2. The van der Waals surface area contributed by atoms with Crippen LogP contribution in [-0.4, -0.2) is 70.5 Å². The first-order chi connectivity index (χ1) is 12.9. The van der Waals surface area contributed by atoms with Crippen LogP contribution < -0.4 is 10.9 Å². The number of hydrogen-bond donors (Lipinski definition) is 2. The second-order valence-electron chi connectivity index (χ2n) is 7.05. The van der Waals surface area contributed by atoms with Gasteiger partial charge in [0.15, 0.2) is 5.69 Å². The van der Waals surface area contributed by atoms with Crippen molar-refractivity contribution in [1.82, 2.24) is 25.3 Å². The summed E-state index contributed by atoms with van der Waals surface area (Å²) in [4.78, 5) is 45.3. The van der Waals surface area contributed by atoms with Gasteiger partial charge in [-0.1, -0.05) is 18.2 Å². The molecule has 2 amide bonds. The molecule has 1 aromatic carbocycles. The highest BCUT2D eigenvalue weighted by Crippen LogP contribution is 2.31. The van der Waals surface area contributed by atoms with Crippen LogP contribution in [0.1, 0.15) is 23.3 Å². The number of nitrogens with zero attached hydrogens (tertiary/aromatic N) is 4. The summed E-state index contributed by atoms with van der Waals surface area (Å²) in [7, 11) is 3.65. The Kier molecular flexibility index (Phi) is 3.94. The predicted octanol–water partition coefficient (Wildman–Crippen LogP) is -0.0547. The molecule has 1 aromatic heterocycles. The molecule has 0 radical (unpaired) electrons. The molecule has 2 N–H and O–H groups in total. The number of fused-ring (bicyclic) bond motifs is 1. The van der Waals surface area contributed by atoms with Gasteiger partial charge >= 0.3 is 0 Å². The van der Waals surface area contributed by atoms with E-state index in [-0.39, 0.29) is 23.1 Å². The molecule has 2 aromatic rings. The summed E-state index contributed by atoms with van der Waals surface area (Å²) in [6.45, 7) is 0.789. The molecule has 0 unspecified atom stereocenters. The topological polar surface area (TPSA) is 111 Å². The molecular weight excluding hydrogens is 348 g/mol. The van der Waals surface area contributed by atoms with Crippen molar-refractivity contribution in [3.63, 3.8) is 0 Å². The van der Waals surface area contributed by atoms with Crippen molar-refractivity contribution in [2.45, 2.75) is 18.4 Å². The van der Waals surface area contributed by atoms with Gasteiger partial charge in [0.05, 0.1) is 5.39 Å². The number of rotatable bonds is 1. The molecule has 140 valence electrons. The first-order valence-electron chi connectivity index (χ1n) is 8.77. The van der Waals surface area contributed by atoms with E-state index in [1.54, 1.807) is 34.1 Å². The lowest BCUT2D eigenvalue weighted by Crippen LogP contribution is -2.50. The molecule has 0 saturated carbocycles. The maximum atomic E-state index is 13.0. The molecule has 27 heavy (non-hydrogen) atoms. The first-order valence-corrected chi connectivity index (χ1v) is 8.77. The minimum Gasteiger partial charge on any atom is -0.349 e. The third-order valence-electron chi connectivity index (χ3n) is 5.17. The summed E-state index contributed by atoms with van der Waals surface area (Å²) in [5.74, 6) is 0.173. The molecule has 9 heteroatoms. The van der Waals surface area contributed by atoms with Crippen LogP contribution in [0.4, 0.5) is 0 Å². The highest BCUT2D eigenvalue weighted by atomic mass is 16.2. The molecule has 1 spiro atoms. The van der Waals surface area contributed by atoms with E-state index in [9.17, 15) is 14.4 Å². The smallest absolute Gasteiger partial charge is 0.274 e. The molecule has 3 heterocycles. The largest absolute Gasteiger partial charge is 0.349 e. The maximum absolute atomic E-state index is 13.0. The van der Waals surface area contributed by atoms with Gasteiger partial charge in [-0.25, -0.2) is 10.1 Å². The van der Waals surface area contributed by atoms with Gasteiger partial charge in [-0.05, 0) is 18.9 Å². The number of benzene rings is 1. The van der Waals surface area contributed by atoms with Crippen molar-refractivity contribution < 1.29 is 9.59 Å². The van der Waals surface area contributed by atoms with Crippen molar-refractivity contribution in [3.8, 4) is 0 Å². The normalized spacial score (nSPS) is 18.5. The van der Waals surface area contributed by atoms with Gasteiger partial charge in [0.25, 0.3) is 17.4 Å². The first kappa shape index (κ1) is 17.2. The number of carbonyl (C=O) groups is 2. The van der Waals surface area contributed by atoms with Gasteiger partial charge in [0.1, 0.15) is 5.54 Å². The molecule has 0 atom stereocenters. The minimum absolute atomic E-state index is 0.120. The SMILES string of the molecule is CN(C)C1=NC2(CCN(C(=O)c3n[nH]c(=O)c4ccccc34)CC2)C(=O)N1. The Balaban J connectivity index is 1.58. The number of nitrogens with one attached hydrogen (secondary N) is 2. The van der Waals surface area contributed by atoms with Crippen LogP contribution in [0.2, 0.25) is 0 Å². The van der Waals surface area contributed by atoms with Crippen molar-refractivity contribution in [1.29, 1.82) is 0 Å². The molecule has 0 bridgehead atoms. The zero-order valence-corrected chi connectivity index (χ0v) is 15.2. The average molecular weight is 368 g/mol. The van der Waals surface area contributed by atoms with Crippen LogP contribution in [0.3, 0.4) is 0 Å². The van der Waals surface area contributed by atoms with Gasteiger partial charge < -0.3 is 9.80 Å². The molecule has 4 rings (SSSR count). The third-order valence-corrected chi connectivity index (χ3v) is 5.17. The van der Waals surface area contributed by atoms with E-state index in [2.05, 4.69) is 20.5 Å². The number of H-pyrrole nitrogens is 1. The number of aromatic nitrogens is 2. The minimum atomic E-state index is -0.809. The van der Waals surface area contributed by atoms with Gasteiger partial charge in [-0.2, -0.15) is 5.10 Å². The van der Waals surface area contributed by atoms with Crippen LogP contribution >= 0.6 is 0 Å². The van der Waals surface area contributed by atoms with Crippen LogP contribution in [-0.2, 0) is 4.79 Å². The Labute approximate surface area is 155 Å². The number of carbonyl (C=O) groups excluding carboxylic acids is 2. The molecule has 1 saturated heterocycles. The molecule has 2 aliphatic heterocycles. The summed E-state index contributed by atoms with van der Waals surface area (Å²) < 4.78 is 0. The Hall–Kier alpha value is -3.23. The zero-order valence-electron chi connectivity index (χ0n) is 15.2. The zero-order chi connectivity index (χ0) is 19.2. The van der Waals surface area contributed by atoms with E-state index >= 15 is 0 Å². The van der Waals surface area contributed by atoms with Crippen LogP contribution in [0.25, 0.3) is 10.8 Å². The average Bonchev–Trinajstić information content (AvgIpc) is 2.99. The third kappa shape index (κ3) is 2.75. The van der Waals surface area contributed by atoms with Gasteiger partial charge in [-0.3, -0.25) is 19.7 Å². The second-order valence-corrected chi connectivity index (χ2v) is 7.05. The van der Waals surface area contributed by atoms with Crippen molar-refractivity contribution >= 4 is 28.5 Å². The van der Waals surface area contributed by atoms with Crippen LogP contribution in [0, 0.1) is 0 Å². The predicted molar refractivity (Wildman–Crippen MR) is 99.5 cm³/mol. The molecule has 2 aliphatic rings. The number of hydrogen-bond acceptors (Lipinski definition) is 6. The Morgan fingerprint density at radius 3 is 2.44 bits per heavy atom. The van der Waals surface area contributed by atoms with Crippen LogP contribution in [0.5, 0.6) is 0 Å². The van der Waals surface area contributed by atoms with Crippen molar-refractivity contribution in [2.75, 3.05) is 27.2 Å². The fourth-order valence-corrected chi connectivity index (χ4v) is 3.56. The second kappa shape index (κ2) is 6.19. The molecule has 0 aliphatic carbocycles. The van der Waals surface area contributed by atoms with Crippen LogP contribution in [0.15, 0.2) is 34.1 Å². The lowest BCUT2D eigenvalue weighted by molar-refractivity contribution is -0.125. The molecule has 1 fully saturated rings. The Morgan fingerprint density at radius 1 is 1.15 bits per heavy atom. The summed E-state index contributed by atoms with van der Waals surface area (Å²) in [6, 6.07) is 6.90.